The van der Waals surface area contributed by atoms with E-state index in [2.05, 4.69) is 15.3 Å². The summed E-state index contributed by atoms with van der Waals surface area (Å²) in [5.74, 6) is -0.729. The first-order valence-electron chi connectivity index (χ1n) is 5.31. The summed E-state index contributed by atoms with van der Waals surface area (Å²) in [7, 11) is 0. The third-order valence-electron chi connectivity index (χ3n) is 2.52. The van der Waals surface area contributed by atoms with Gasteiger partial charge in [0.1, 0.15) is 11.9 Å². The largest absolute Gasteiger partial charge is 0.353 e. The molecule has 0 aromatic heterocycles. The summed E-state index contributed by atoms with van der Waals surface area (Å²) in [6, 6.07) is 4.63. The normalized spacial score (nSPS) is 15.8. The van der Waals surface area contributed by atoms with E-state index in [0.717, 1.165) is 12.8 Å². The summed E-state index contributed by atoms with van der Waals surface area (Å²) in [4.78, 5) is 14.5. The van der Waals surface area contributed by atoms with E-state index in [0.29, 0.717) is 5.56 Å². The quantitative estimate of drug-likeness (QED) is 0.484. The van der Waals surface area contributed by atoms with Crippen molar-refractivity contribution in [2.75, 3.05) is 0 Å². The number of hydrogen-bond donors (Lipinski definition) is 1. The van der Waals surface area contributed by atoms with Crippen LogP contribution in [0.2, 0.25) is 0 Å². The zero-order valence-corrected chi connectivity index (χ0v) is 9.01. The maximum absolute atomic E-state index is 12.8. The summed E-state index contributed by atoms with van der Waals surface area (Å²) in [5, 5.41) is 6.21. The molecule has 1 aromatic carbocycles. The number of benzene rings is 1. The Morgan fingerprint density at radius 1 is 1.47 bits per heavy atom. The van der Waals surface area contributed by atoms with Gasteiger partial charge >= 0.3 is 0 Å². The molecule has 1 aliphatic carbocycles. The maximum Gasteiger partial charge on any atom is 0.233 e. The highest BCUT2D eigenvalue weighted by atomic mass is 19.1. The average Bonchev–Trinajstić information content (AvgIpc) is 3.11. The molecule has 1 amide bonds. The number of amides is 1. The molecule has 1 aliphatic rings. The number of azide groups is 1. The fourth-order valence-corrected chi connectivity index (χ4v) is 1.47. The monoisotopic (exact) mass is 234 g/mol. The van der Waals surface area contributed by atoms with Crippen LogP contribution in [0.25, 0.3) is 10.4 Å². The molecule has 0 bridgehead atoms. The van der Waals surface area contributed by atoms with E-state index < -0.39 is 11.9 Å². The van der Waals surface area contributed by atoms with Crippen molar-refractivity contribution in [3.8, 4) is 0 Å². The zero-order valence-electron chi connectivity index (χ0n) is 9.01. The minimum atomic E-state index is -0.929. The average molecular weight is 234 g/mol. The SMILES string of the molecule is [N-]=[N+]=NC(C(=O)NC1CC1)c1ccc(F)cc1. The summed E-state index contributed by atoms with van der Waals surface area (Å²) in [6.45, 7) is 0. The summed E-state index contributed by atoms with van der Waals surface area (Å²) in [5.41, 5.74) is 8.94. The van der Waals surface area contributed by atoms with Crippen molar-refractivity contribution in [2.45, 2.75) is 24.9 Å². The summed E-state index contributed by atoms with van der Waals surface area (Å²) in [6.07, 6.45) is 1.91. The molecule has 1 saturated carbocycles. The molecule has 1 fully saturated rings. The molecular formula is C11H11FN4O. The highest BCUT2D eigenvalue weighted by Crippen LogP contribution is 2.23. The minimum absolute atomic E-state index is 0.194. The second kappa shape index (κ2) is 4.84. The molecule has 1 N–H and O–H groups in total. The van der Waals surface area contributed by atoms with Crippen molar-refractivity contribution < 1.29 is 9.18 Å². The number of carbonyl (C=O) groups is 1. The van der Waals surface area contributed by atoms with E-state index in [9.17, 15) is 9.18 Å². The topological polar surface area (TPSA) is 77.9 Å². The van der Waals surface area contributed by atoms with E-state index in [1.165, 1.54) is 24.3 Å². The van der Waals surface area contributed by atoms with Gasteiger partial charge in [-0.1, -0.05) is 17.2 Å². The van der Waals surface area contributed by atoms with Crippen LogP contribution in [0, 0.1) is 5.82 Å². The third kappa shape index (κ3) is 2.95. The molecule has 0 heterocycles. The third-order valence-corrected chi connectivity index (χ3v) is 2.52. The zero-order chi connectivity index (χ0) is 12.3. The van der Waals surface area contributed by atoms with Crippen LogP contribution in [0.1, 0.15) is 24.4 Å². The van der Waals surface area contributed by atoms with Crippen LogP contribution in [-0.2, 0) is 4.79 Å². The second-order valence-corrected chi connectivity index (χ2v) is 3.94. The van der Waals surface area contributed by atoms with Gasteiger partial charge in [0, 0.05) is 11.0 Å². The van der Waals surface area contributed by atoms with Crippen molar-refractivity contribution in [2.24, 2.45) is 5.11 Å². The van der Waals surface area contributed by atoms with Crippen molar-refractivity contribution in [3.05, 3.63) is 46.1 Å². The first-order chi connectivity index (χ1) is 8.20. The minimum Gasteiger partial charge on any atom is -0.353 e. The van der Waals surface area contributed by atoms with Crippen LogP contribution >= 0.6 is 0 Å². The fourth-order valence-electron chi connectivity index (χ4n) is 1.47. The highest BCUT2D eigenvalue weighted by molar-refractivity contribution is 5.83. The van der Waals surface area contributed by atoms with Gasteiger partial charge in [0.2, 0.25) is 5.91 Å². The lowest BCUT2D eigenvalue weighted by Gasteiger charge is -2.11. The smallest absolute Gasteiger partial charge is 0.233 e. The predicted molar refractivity (Wildman–Crippen MR) is 59.5 cm³/mol. The first-order valence-corrected chi connectivity index (χ1v) is 5.31. The summed E-state index contributed by atoms with van der Waals surface area (Å²) >= 11 is 0. The molecular weight excluding hydrogens is 223 g/mol. The van der Waals surface area contributed by atoms with Crippen LogP contribution in [0.3, 0.4) is 0 Å². The molecule has 2 rings (SSSR count). The van der Waals surface area contributed by atoms with Gasteiger partial charge < -0.3 is 5.32 Å². The predicted octanol–water partition coefficient (Wildman–Crippen LogP) is 2.46. The number of halogens is 1. The fraction of sp³-hybridized carbons (Fsp3) is 0.364. The maximum atomic E-state index is 12.8. The number of hydrogen-bond acceptors (Lipinski definition) is 2. The lowest BCUT2D eigenvalue weighted by molar-refractivity contribution is -0.122. The van der Waals surface area contributed by atoms with Crippen LogP contribution in [-0.4, -0.2) is 11.9 Å². The van der Waals surface area contributed by atoms with E-state index in [-0.39, 0.29) is 11.9 Å². The van der Waals surface area contributed by atoms with Gasteiger partial charge in [0.25, 0.3) is 0 Å². The van der Waals surface area contributed by atoms with Crippen LogP contribution < -0.4 is 5.32 Å². The molecule has 5 nitrogen and oxygen atoms in total. The van der Waals surface area contributed by atoms with Crippen molar-refractivity contribution in [1.29, 1.82) is 0 Å². The van der Waals surface area contributed by atoms with Crippen molar-refractivity contribution >= 4 is 5.91 Å². The Labute approximate surface area is 97.3 Å². The van der Waals surface area contributed by atoms with E-state index in [1.54, 1.807) is 0 Å². The standard InChI is InChI=1S/C11H11FN4O/c12-8-3-1-7(2-4-8)10(15-16-13)11(17)14-9-5-6-9/h1-4,9-10H,5-6H2,(H,14,17). The van der Waals surface area contributed by atoms with Gasteiger partial charge in [0.15, 0.2) is 0 Å². The van der Waals surface area contributed by atoms with Gasteiger partial charge in [-0.25, -0.2) is 4.39 Å². The molecule has 0 radical (unpaired) electrons. The van der Waals surface area contributed by atoms with E-state index >= 15 is 0 Å². The number of nitrogens with zero attached hydrogens (tertiary/aromatic N) is 3. The molecule has 6 heteroatoms. The van der Waals surface area contributed by atoms with Crippen molar-refractivity contribution in [1.82, 2.24) is 5.32 Å². The molecule has 1 aromatic rings. The van der Waals surface area contributed by atoms with Gasteiger partial charge in [-0.05, 0) is 36.1 Å². The molecule has 1 atom stereocenters. The Balaban J connectivity index is 2.17. The number of carbonyl (C=O) groups excluding carboxylic acids is 1. The van der Waals surface area contributed by atoms with E-state index in [1.807, 2.05) is 0 Å². The number of nitrogens with one attached hydrogen (secondary N) is 1. The molecule has 88 valence electrons. The Kier molecular flexibility index (Phi) is 3.25. The Morgan fingerprint density at radius 2 is 2.12 bits per heavy atom. The Bertz CT molecular complexity index is 463. The van der Waals surface area contributed by atoms with Gasteiger partial charge in [-0.3, -0.25) is 4.79 Å². The molecule has 0 saturated heterocycles. The lowest BCUT2D eigenvalue weighted by Crippen LogP contribution is -2.30. The first kappa shape index (κ1) is 11.4. The van der Waals surface area contributed by atoms with Gasteiger partial charge in [-0.2, -0.15) is 0 Å². The van der Waals surface area contributed by atoms with Crippen molar-refractivity contribution in [3.63, 3.8) is 0 Å². The van der Waals surface area contributed by atoms with Crippen LogP contribution in [0.15, 0.2) is 29.4 Å². The molecule has 0 spiro atoms. The lowest BCUT2D eigenvalue weighted by atomic mass is 10.1. The van der Waals surface area contributed by atoms with Gasteiger partial charge in [0.05, 0.1) is 0 Å². The molecule has 17 heavy (non-hydrogen) atoms. The van der Waals surface area contributed by atoms with Gasteiger partial charge in [-0.15, -0.1) is 0 Å². The van der Waals surface area contributed by atoms with Crippen LogP contribution in [0.5, 0.6) is 0 Å². The number of rotatable bonds is 4. The highest BCUT2D eigenvalue weighted by Gasteiger charge is 2.27. The van der Waals surface area contributed by atoms with Crippen LogP contribution in [0.4, 0.5) is 4.39 Å². The second-order valence-electron chi connectivity index (χ2n) is 3.94. The molecule has 1 unspecified atom stereocenters. The molecule has 0 aliphatic heterocycles. The van der Waals surface area contributed by atoms with E-state index in [4.69, 9.17) is 5.53 Å². The summed E-state index contributed by atoms with van der Waals surface area (Å²) < 4.78 is 12.8. The Morgan fingerprint density at radius 3 is 2.65 bits per heavy atom. The Hall–Kier alpha value is -2.07.